The molecule has 0 amide bonds. The van der Waals surface area contributed by atoms with Gasteiger partial charge in [0.15, 0.2) is 11.6 Å². The molecule has 1 N–H and O–H groups in total. The predicted octanol–water partition coefficient (Wildman–Crippen LogP) is 3.77. The Morgan fingerprint density at radius 2 is 1.82 bits per heavy atom. The summed E-state index contributed by atoms with van der Waals surface area (Å²) in [6, 6.07) is 16.7. The topological polar surface area (TPSA) is 114 Å². The van der Waals surface area contributed by atoms with Gasteiger partial charge in [0.05, 0.1) is 30.6 Å². The second-order valence-corrected chi connectivity index (χ2v) is 7.43. The second kappa shape index (κ2) is 11.0. The van der Waals surface area contributed by atoms with Crippen molar-refractivity contribution in [3.05, 3.63) is 94.2 Å². The summed E-state index contributed by atoms with van der Waals surface area (Å²) in [6.07, 6.45) is 5.16. The largest absolute Gasteiger partial charge is 0.488 e. The van der Waals surface area contributed by atoms with E-state index >= 15 is 0 Å². The van der Waals surface area contributed by atoms with E-state index in [-0.39, 0.29) is 5.43 Å². The number of nitrogens with one attached hydrogen (secondary N) is 1. The van der Waals surface area contributed by atoms with E-state index in [2.05, 4.69) is 26.2 Å². The van der Waals surface area contributed by atoms with Crippen LogP contribution >= 0.6 is 0 Å². The van der Waals surface area contributed by atoms with Crippen molar-refractivity contribution in [2.45, 2.75) is 13.3 Å². The molecule has 8 heteroatoms. The van der Waals surface area contributed by atoms with Crippen LogP contribution in [0.4, 0.5) is 0 Å². The number of aromatic nitrogens is 4. The van der Waals surface area contributed by atoms with Crippen LogP contribution in [0.15, 0.2) is 71.9 Å². The molecule has 0 saturated carbocycles. The van der Waals surface area contributed by atoms with E-state index in [1.54, 1.807) is 42.9 Å². The molecule has 0 aliphatic heterocycles. The molecular formula is C26H23N5O3. The van der Waals surface area contributed by atoms with Gasteiger partial charge in [-0.1, -0.05) is 30.3 Å². The summed E-state index contributed by atoms with van der Waals surface area (Å²) >= 11 is 0. The lowest BCUT2D eigenvalue weighted by atomic mass is 10.0. The standard InChI is InChI=1S/C26H23N5O3/c1-2-33-9-10-34-22-15-28-26(29-16-22)21-8-3-5-18(11-21)13-24-25(32)23(17-30-31-24)20-7-4-6-19(12-20)14-27/h3-8,11-12,15-17H,2,9-10,13H2,1H3,(H,30,32). The number of rotatable bonds is 9. The summed E-state index contributed by atoms with van der Waals surface area (Å²) in [5.74, 6) is 1.13. The molecule has 0 atom stereocenters. The normalized spacial score (nSPS) is 10.6. The Kier molecular flexibility index (Phi) is 7.38. The van der Waals surface area contributed by atoms with Gasteiger partial charge in [-0.2, -0.15) is 10.4 Å². The van der Waals surface area contributed by atoms with Crippen LogP contribution < -0.4 is 10.2 Å². The Balaban J connectivity index is 1.52. The van der Waals surface area contributed by atoms with Gasteiger partial charge in [0.25, 0.3) is 0 Å². The third kappa shape index (κ3) is 5.52. The van der Waals surface area contributed by atoms with Gasteiger partial charge in [-0.05, 0) is 36.2 Å². The average molecular weight is 454 g/mol. The molecular weight excluding hydrogens is 430 g/mol. The molecule has 2 aromatic carbocycles. The number of benzene rings is 2. The van der Waals surface area contributed by atoms with Crippen LogP contribution in [0.2, 0.25) is 0 Å². The van der Waals surface area contributed by atoms with Gasteiger partial charge in [-0.3, -0.25) is 9.89 Å². The van der Waals surface area contributed by atoms with E-state index in [0.29, 0.717) is 60.2 Å². The van der Waals surface area contributed by atoms with Gasteiger partial charge in [0, 0.05) is 30.4 Å². The highest BCUT2D eigenvalue weighted by atomic mass is 16.5. The molecule has 2 heterocycles. The first-order chi connectivity index (χ1) is 16.7. The van der Waals surface area contributed by atoms with Crippen molar-refractivity contribution >= 4 is 0 Å². The van der Waals surface area contributed by atoms with Gasteiger partial charge in [-0.15, -0.1) is 0 Å². The smallest absolute Gasteiger partial charge is 0.211 e. The first-order valence-electron chi connectivity index (χ1n) is 10.9. The van der Waals surface area contributed by atoms with E-state index < -0.39 is 0 Å². The van der Waals surface area contributed by atoms with Crippen LogP contribution in [0.1, 0.15) is 23.7 Å². The highest BCUT2D eigenvalue weighted by Crippen LogP contribution is 2.20. The molecule has 0 unspecified atom stereocenters. The average Bonchev–Trinajstić information content (AvgIpc) is 2.88. The third-order valence-electron chi connectivity index (χ3n) is 5.10. The minimum absolute atomic E-state index is 0.177. The highest BCUT2D eigenvalue weighted by Gasteiger charge is 2.12. The zero-order chi connectivity index (χ0) is 23.8. The number of nitrogens with zero attached hydrogens (tertiary/aromatic N) is 4. The number of ether oxygens (including phenoxy) is 2. The maximum atomic E-state index is 13.1. The molecule has 34 heavy (non-hydrogen) atoms. The van der Waals surface area contributed by atoms with E-state index in [9.17, 15) is 4.79 Å². The van der Waals surface area contributed by atoms with Crippen LogP contribution in [-0.2, 0) is 11.2 Å². The zero-order valence-corrected chi connectivity index (χ0v) is 18.7. The molecule has 0 spiro atoms. The second-order valence-electron chi connectivity index (χ2n) is 7.43. The van der Waals surface area contributed by atoms with Gasteiger partial charge in [0.1, 0.15) is 12.3 Å². The van der Waals surface area contributed by atoms with Crippen molar-refractivity contribution in [3.63, 3.8) is 0 Å². The van der Waals surface area contributed by atoms with Crippen LogP contribution in [0.5, 0.6) is 5.75 Å². The third-order valence-corrected chi connectivity index (χ3v) is 5.10. The summed E-state index contributed by atoms with van der Waals surface area (Å²) in [5.41, 5.74) is 3.58. The van der Waals surface area contributed by atoms with E-state index in [1.165, 1.54) is 0 Å². The van der Waals surface area contributed by atoms with Crippen molar-refractivity contribution in [2.75, 3.05) is 19.8 Å². The van der Waals surface area contributed by atoms with Crippen molar-refractivity contribution in [3.8, 4) is 34.3 Å². The highest BCUT2D eigenvalue weighted by molar-refractivity contribution is 5.64. The van der Waals surface area contributed by atoms with Gasteiger partial charge in [0.2, 0.25) is 5.43 Å². The lowest BCUT2D eigenvalue weighted by Gasteiger charge is -2.08. The zero-order valence-electron chi connectivity index (χ0n) is 18.7. The van der Waals surface area contributed by atoms with E-state index in [4.69, 9.17) is 14.7 Å². The van der Waals surface area contributed by atoms with Crippen LogP contribution in [0, 0.1) is 11.3 Å². The number of H-pyrrole nitrogens is 1. The Labute approximate surface area is 196 Å². The van der Waals surface area contributed by atoms with Gasteiger partial charge in [-0.25, -0.2) is 9.97 Å². The molecule has 0 radical (unpaired) electrons. The van der Waals surface area contributed by atoms with E-state index in [1.807, 2.05) is 31.2 Å². The first-order valence-corrected chi connectivity index (χ1v) is 10.9. The molecule has 0 aliphatic carbocycles. The number of hydrogen-bond donors (Lipinski definition) is 1. The molecule has 0 bridgehead atoms. The van der Waals surface area contributed by atoms with Crippen molar-refractivity contribution in [2.24, 2.45) is 0 Å². The number of hydrogen-bond acceptors (Lipinski definition) is 7. The fourth-order valence-corrected chi connectivity index (χ4v) is 3.45. The monoisotopic (exact) mass is 453 g/mol. The van der Waals surface area contributed by atoms with E-state index in [0.717, 1.165) is 11.1 Å². The van der Waals surface area contributed by atoms with Crippen molar-refractivity contribution < 1.29 is 9.47 Å². The number of nitriles is 1. The summed E-state index contributed by atoms with van der Waals surface area (Å²) in [7, 11) is 0. The van der Waals surface area contributed by atoms with Gasteiger partial charge >= 0.3 is 0 Å². The molecule has 2 aromatic heterocycles. The maximum absolute atomic E-state index is 13.1. The molecule has 0 saturated heterocycles. The SMILES string of the molecule is CCOCCOc1cnc(-c2cccc(Cc3n[nH]cc(-c4cccc(C#N)c4)c3=O)c2)nc1. The molecule has 4 rings (SSSR count). The molecule has 170 valence electrons. The first kappa shape index (κ1) is 22.8. The Bertz CT molecular complexity index is 1360. The lowest BCUT2D eigenvalue weighted by Crippen LogP contribution is -2.15. The Morgan fingerprint density at radius 1 is 1.03 bits per heavy atom. The molecule has 0 aliphatic rings. The summed E-state index contributed by atoms with van der Waals surface area (Å²) in [4.78, 5) is 21.9. The van der Waals surface area contributed by atoms with Crippen molar-refractivity contribution in [1.29, 1.82) is 5.26 Å². The van der Waals surface area contributed by atoms with Gasteiger partial charge < -0.3 is 9.47 Å². The fraction of sp³-hybridized carbons (Fsp3) is 0.192. The maximum Gasteiger partial charge on any atom is 0.211 e. The summed E-state index contributed by atoms with van der Waals surface area (Å²) < 4.78 is 10.8. The Hall–Kier alpha value is -4.35. The number of aromatic amines is 1. The lowest BCUT2D eigenvalue weighted by molar-refractivity contribution is 0.110. The molecule has 4 aromatic rings. The minimum Gasteiger partial charge on any atom is -0.488 e. The van der Waals surface area contributed by atoms with Crippen LogP contribution in [0.3, 0.4) is 0 Å². The van der Waals surface area contributed by atoms with Crippen LogP contribution in [-0.4, -0.2) is 40.0 Å². The molecule has 8 nitrogen and oxygen atoms in total. The quantitative estimate of drug-likeness (QED) is 0.384. The predicted molar refractivity (Wildman–Crippen MR) is 127 cm³/mol. The fourth-order valence-electron chi connectivity index (χ4n) is 3.45. The van der Waals surface area contributed by atoms with Crippen LogP contribution in [0.25, 0.3) is 22.5 Å². The molecule has 0 fully saturated rings. The summed E-state index contributed by atoms with van der Waals surface area (Å²) in [6.45, 7) is 3.53. The van der Waals surface area contributed by atoms with Crippen molar-refractivity contribution in [1.82, 2.24) is 20.2 Å². The summed E-state index contributed by atoms with van der Waals surface area (Å²) in [5, 5.41) is 16.2. The minimum atomic E-state index is -0.177. The Morgan fingerprint density at radius 3 is 2.62 bits per heavy atom.